The highest BCUT2D eigenvalue weighted by molar-refractivity contribution is 6.06. The average molecular weight is 371 g/mol. The molecule has 3 aromatic rings. The van der Waals surface area contributed by atoms with Gasteiger partial charge in [0.15, 0.2) is 0 Å². The summed E-state index contributed by atoms with van der Waals surface area (Å²) in [6, 6.07) is 10.2. The summed E-state index contributed by atoms with van der Waals surface area (Å²) < 4.78 is 40.3. The van der Waals surface area contributed by atoms with E-state index in [1.54, 1.807) is 30.7 Å². The first kappa shape index (κ1) is 18.5. The number of benzene rings is 2. The molecule has 0 radical (unpaired) electrons. The van der Waals surface area contributed by atoms with Gasteiger partial charge in [0, 0.05) is 25.0 Å². The molecular formula is C20H16F3N3O. The summed E-state index contributed by atoms with van der Waals surface area (Å²) in [7, 11) is 3.25. The second-order valence-corrected chi connectivity index (χ2v) is 6.22. The van der Waals surface area contributed by atoms with Gasteiger partial charge in [-0.25, -0.2) is 0 Å². The van der Waals surface area contributed by atoms with Crippen molar-refractivity contribution in [2.45, 2.75) is 13.1 Å². The lowest BCUT2D eigenvalue weighted by atomic mass is 9.98. The molecule has 1 N–H and O–H groups in total. The number of nitriles is 1. The summed E-state index contributed by atoms with van der Waals surface area (Å²) in [4.78, 5) is 12.3. The summed E-state index contributed by atoms with van der Waals surface area (Å²) in [6.07, 6.45) is -4.42. The highest BCUT2D eigenvalue weighted by Gasteiger charge is 2.30. The second kappa shape index (κ2) is 6.47. The number of hydrogen-bond donors (Lipinski definition) is 1. The van der Waals surface area contributed by atoms with Crippen LogP contribution < -0.4 is 5.32 Å². The molecule has 1 aromatic heterocycles. The van der Waals surface area contributed by atoms with E-state index in [1.165, 1.54) is 19.2 Å². The lowest BCUT2D eigenvalue weighted by Crippen LogP contribution is -2.21. The van der Waals surface area contributed by atoms with Crippen molar-refractivity contribution in [3.05, 3.63) is 58.8 Å². The molecule has 0 saturated carbocycles. The van der Waals surface area contributed by atoms with Gasteiger partial charge in [-0.2, -0.15) is 18.4 Å². The largest absolute Gasteiger partial charge is 0.416 e. The summed E-state index contributed by atoms with van der Waals surface area (Å²) in [5.74, 6) is -0.275. The van der Waals surface area contributed by atoms with Gasteiger partial charge in [0.2, 0.25) is 0 Å². The first-order chi connectivity index (χ1) is 12.7. The number of halogens is 3. The van der Waals surface area contributed by atoms with Crippen LogP contribution in [0.5, 0.6) is 0 Å². The lowest BCUT2D eigenvalue weighted by molar-refractivity contribution is -0.137. The minimum Gasteiger partial charge on any atom is -0.354 e. The number of nitrogens with zero attached hydrogens (tertiary/aromatic N) is 2. The molecule has 0 aliphatic carbocycles. The van der Waals surface area contributed by atoms with Gasteiger partial charge < -0.3 is 9.88 Å². The Kier molecular flexibility index (Phi) is 4.44. The van der Waals surface area contributed by atoms with E-state index in [0.29, 0.717) is 38.9 Å². The molecule has 0 atom stereocenters. The SMILES string of the molecule is CNC(=O)c1c(C)c2cc(C#N)cc(-c3ccc(C(F)(F)F)cc3)c2n1C. The predicted molar refractivity (Wildman–Crippen MR) is 96.2 cm³/mol. The fraction of sp³-hybridized carbons (Fsp3) is 0.200. The van der Waals surface area contributed by atoms with E-state index in [2.05, 4.69) is 11.4 Å². The lowest BCUT2D eigenvalue weighted by Gasteiger charge is -2.11. The smallest absolute Gasteiger partial charge is 0.354 e. The van der Waals surface area contributed by atoms with E-state index in [0.717, 1.165) is 12.1 Å². The Morgan fingerprint density at radius 2 is 1.81 bits per heavy atom. The number of rotatable bonds is 2. The number of aromatic nitrogens is 1. The molecule has 0 saturated heterocycles. The number of nitrogens with one attached hydrogen (secondary N) is 1. The maximum absolute atomic E-state index is 12.9. The van der Waals surface area contributed by atoms with E-state index in [4.69, 9.17) is 0 Å². The molecular weight excluding hydrogens is 355 g/mol. The van der Waals surface area contributed by atoms with Crippen molar-refractivity contribution in [1.82, 2.24) is 9.88 Å². The Labute approximate surface area is 153 Å². The van der Waals surface area contributed by atoms with Gasteiger partial charge in [0.25, 0.3) is 5.91 Å². The number of fused-ring (bicyclic) bond motifs is 1. The van der Waals surface area contributed by atoms with Gasteiger partial charge in [-0.1, -0.05) is 12.1 Å². The average Bonchev–Trinajstić information content (AvgIpc) is 2.90. The molecule has 0 bridgehead atoms. The molecule has 4 nitrogen and oxygen atoms in total. The second-order valence-electron chi connectivity index (χ2n) is 6.22. The number of alkyl halides is 3. The van der Waals surface area contributed by atoms with E-state index in [-0.39, 0.29) is 5.91 Å². The predicted octanol–water partition coefficient (Wildman–Crippen LogP) is 4.40. The highest BCUT2D eigenvalue weighted by Crippen LogP contribution is 2.36. The van der Waals surface area contributed by atoms with Gasteiger partial charge >= 0.3 is 6.18 Å². The number of carbonyl (C=O) groups excluding carboxylic acids is 1. The van der Waals surface area contributed by atoms with E-state index in [1.807, 2.05) is 0 Å². The summed E-state index contributed by atoms with van der Waals surface area (Å²) >= 11 is 0. The molecule has 1 heterocycles. The van der Waals surface area contributed by atoms with E-state index in [9.17, 15) is 23.2 Å². The van der Waals surface area contributed by atoms with Gasteiger partial charge in [-0.15, -0.1) is 0 Å². The molecule has 0 aliphatic heterocycles. The maximum Gasteiger partial charge on any atom is 0.416 e. The Bertz CT molecular complexity index is 1090. The molecule has 0 aliphatic rings. The Hall–Kier alpha value is -3.27. The normalized spacial score (nSPS) is 11.4. The molecule has 1 amide bonds. The van der Waals surface area contributed by atoms with Crippen LogP contribution in [0.1, 0.15) is 27.2 Å². The van der Waals surface area contributed by atoms with Crippen LogP contribution in [-0.4, -0.2) is 17.5 Å². The van der Waals surface area contributed by atoms with Crippen molar-refractivity contribution in [2.75, 3.05) is 7.05 Å². The third kappa shape index (κ3) is 3.04. The van der Waals surface area contributed by atoms with Gasteiger partial charge in [0.1, 0.15) is 5.69 Å². The summed E-state index contributed by atoms with van der Waals surface area (Å²) in [5, 5.41) is 12.7. The van der Waals surface area contributed by atoms with Gasteiger partial charge in [-0.3, -0.25) is 4.79 Å². The highest BCUT2D eigenvalue weighted by atomic mass is 19.4. The molecule has 0 unspecified atom stereocenters. The van der Waals surface area contributed by atoms with Crippen LogP contribution in [0.3, 0.4) is 0 Å². The fourth-order valence-electron chi connectivity index (χ4n) is 3.34. The van der Waals surface area contributed by atoms with Crippen molar-refractivity contribution in [3.63, 3.8) is 0 Å². The summed E-state index contributed by atoms with van der Waals surface area (Å²) in [5.41, 5.74) is 2.59. The van der Waals surface area contributed by atoms with Crippen LogP contribution in [-0.2, 0) is 13.2 Å². The zero-order chi connectivity index (χ0) is 19.9. The zero-order valence-corrected chi connectivity index (χ0v) is 14.9. The van der Waals surface area contributed by atoms with Crippen molar-refractivity contribution in [3.8, 4) is 17.2 Å². The molecule has 0 fully saturated rings. The number of hydrogen-bond acceptors (Lipinski definition) is 2. The third-order valence-corrected chi connectivity index (χ3v) is 4.63. The molecule has 27 heavy (non-hydrogen) atoms. The van der Waals surface area contributed by atoms with Crippen LogP contribution in [0.4, 0.5) is 13.2 Å². The molecule has 7 heteroatoms. The minimum absolute atomic E-state index is 0.275. The topological polar surface area (TPSA) is 57.8 Å². The maximum atomic E-state index is 12.9. The van der Waals surface area contributed by atoms with Crippen LogP contribution in [0, 0.1) is 18.3 Å². The Balaban J connectivity index is 2.32. The monoisotopic (exact) mass is 371 g/mol. The van der Waals surface area contributed by atoms with Gasteiger partial charge in [0.05, 0.1) is 22.7 Å². The Morgan fingerprint density at radius 1 is 1.19 bits per heavy atom. The molecule has 3 rings (SSSR count). The number of amides is 1. The van der Waals surface area contributed by atoms with E-state index >= 15 is 0 Å². The molecule has 0 spiro atoms. The van der Waals surface area contributed by atoms with Crippen LogP contribution in [0.25, 0.3) is 22.0 Å². The van der Waals surface area contributed by atoms with Crippen molar-refractivity contribution in [1.29, 1.82) is 5.26 Å². The quantitative estimate of drug-likeness (QED) is 0.726. The molecule has 2 aromatic carbocycles. The number of carbonyl (C=O) groups is 1. The fourth-order valence-corrected chi connectivity index (χ4v) is 3.34. The van der Waals surface area contributed by atoms with Crippen LogP contribution in [0.15, 0.2) is 36.4 Å². The van der Waals surface area contributed by atoms with Crippen LogP contribution in [0.2, 0.25) is 0 Å². The molecule has 138 valence electrons. The third-order valence-electron chi connectivity index (χ3n) is 4.63. The first-order valence-corrected chi connectivity index (χ1v) is 8.12. The van der Waals surface area contributed by atoms with E-state index < -0.39 is 11.7 Å². The van der Waals surface area contributed by atoms with Crippen molar-refractivity contribution >= 4 is 16.8 Å². The zero-order valence-electron chi connectivity index (χ0n) is 14.9. The summed E-state index contributed by atoms with van der Waals surface area (Å²) in [6.45, 7) is 1.78. The van der Waals surface area contributed by atoms with Crippen molar-refractivity contribution in [2.24, 2.45) is 7.05 Å². The Morgan fingerprint density at radius 3 is 2.33 bits per heavy atom. The van der Waals surface area contributed by atoms with Crippen LogP contribution >= 0.6 is 0 Å². The van der Waals surface area contributed by atoms with Crippen molar-refractivity contribution < 1.29 is 18.0 Å². The van der Waals surface area contributed by atoms with Gasteiger partial charge in [-0.05, 0) is 42.3 Å². The standard InChI is InChI=1S/C20H16F3N3O/c1-11-15-8-12(10-24)9-16(18(15)26(3)17(11)19(27)25-2)13-4-6-14(7-5-13)20(21,22)23/h4-9H,1-3H3,(H,25,27). The number of aryl methyl sites for hydroxylation is 2. The first-order valence-electron chi connectivity index (χ1n) is 8.12. The minimum atomic E-state index is -4.42.